The van der Waals surface area contributed by atoms with Crippen LogP contribution in [0.3, 0.4) is 0 Å². The molecule has 4 aromatic carbocycles. The Balaban J connectivity index is 1.54. The third-order valence-corrected chi connectivity index (χ3v) is 8.35. The van der Waals surface area contributed by atoms with E-state index in [0.717, 1.165) is 28.7 Å². The van der Waals surface area contributed by atoms with E-state index in [1.54, 1.807) is 7.11 Å². The average molecular weight is 644 g/mol. The van der Waals surface area contributed by atoms with Crippen LogP contribution in [-0.2, 0) is 28.6 Å². The molecular weight excluding hydrogens is 602 g/mol. The molecule has 0 aliphatic heterocycles. The molecule has 9 nitrogen and oxygen atoms in total. The highest BCUT2D eigenvalue weighted by Crippen LogP contribution is 2.18. The van der Waals surface area contributed by atoms with Gasteiger partial charge in [-0.15, -0.1) is 0 Å². The van der Waals surface area contributed by atoms with E-state index in [1.807, 2.05) is 91.9 Å². The smallest absolute Gasteiger partial charge is 0.251 e. The molecule has 0 bridgehead atoms. The molecule has 46 heavy (non-hydrogen) atoms. The zero-order valence-corrected chi connectivity index (χ0v) is 27.1. The molecule has 0 spiro atoms. The molecule has 10 heteroatoms. The Morgan fingerprint density at radius 1 is 0.783 bits per heavy atom. The van der Waals surface area contributed by atoms with Crippen molar-refractivity contribution in [3.8, 4) is 5.75 Å². The molecule has 0 aromatic heterocycles. The molecule has 0 radical (unpaired) electrons. The van der Waals surface area contributed by atoms with Gasteiger partial charge in [-0.2, -0.15) is 0 Å². The minimum atomic E-state index is -3.46. The number of nitrogens with one attached hydrogen (secondary N) is 3. The molecule has 3 atom stereocenters. The largest absolute Gasteiger partial charge is 0.497 e. The van der Waals surface area contributed by atoms with Crippen molar-refractivity contribution < 1.29 is 27.9 Å². The van der Waals surface area contributed by atoms with Crippen molar-refractivity contribution in [2.75, 3.05) is 19.9 Å². The molecule has 0 fully saturated rings. The van der Waals surface area contributed by atoms with Gasteiger partial charge in [0.05, 0.1) is 31.1 Å². The number of carbonyl (C=O) groups is 2. The molecule has 4 N–H and O–H groups in total. The van der Waals surface area contributed by atoms with Crippen molar-refractivity contribution in [3.05, 3.63) is 137 Å². The number of ether oxygens (including phenoxy) is 1. The number of hydrogen-bond acceptors (Lipinski definition) is 7. The van der Waals surface area contributed by atoms with Crippen molar-refractivity contribution in [1.82, 2.24) is 16.0 Å². The lowest BCUT2D eigenvalue weighted by Crippen LogP contribution is -2.48. The van der Waals surface area contributed by atoms with E-state index in [9.17, 15) is 23.1 Å². The number of amides is 2. The number of hydrogen-bond donors (Lipinski definition) is 4. The highest BCUT2D eigenvalue weighted by atomic mass is 32.2. The average Bonchev–Trinajstić information content (AvgIpc) is 3.04. The van der Waals surface area contributed by atoms with Crippen LogP contribution < -0.4 is 20.7 Å². The summed E-state index contributed by atoms with van der Waals surface area (Å²) in [6.07, 6.45) is 0.477. The van der Waals surface area contributed by atoms with Gasteiger partial charge in [0.1, 0.15) is 5.75 Å². The summed E-state index contributed by atoms with van der Waals surface area (Å²) in [5, 5.41) is 20.4. The van der Waals surface area contributed by atoms with Crippen LogP contribution in [0.1, 0.15) is 55.9 Å². The predicted molar refractivity (Wildman–Crippen MR) is 179 cm³/mol. The lowest BCUT2D eigenvalue weighted by molar-refractivity contribution is 0.0829. The monoisotopic (exact) mass is 643 g/mol. The lowest BCUT2D eigenvalue weighted by atomic mass is 9.99. The van der Waals surface area contributed by atoms with Crippen molar-refractivity contribution in [3.63, 3.8) is 0 Å². The third kappa shape index (κ3) is 10.5. The molecule has 0 aliphatic carbocycles. The van der Waals surface area contributed by atoms with Gasteiger partial charge in [0, 0.05) is 30.5 Å². The summed E-state index contributed by atoms with van der Waals surface area (Å²) in [6.45, 7) is 2.51. The standard InChI is InChI=1S/C36H41N3O6S/c1-25(29-14-8-5-9-15-29)38-35(41)30-17-28(24-46(3,43)44)18-31(21-30)36(42)39-33(20-26-11-6-4-7-12-26)34(40)23-37-22-27-13-10-16-32(19-27)45-2/h4-19,21,25,33-34,37,40H,20,22-24H2,1-3H3,(H,38,41)(H,39,42). The summed E-state index contributed by atoms with van der Waals surface area (Å²) >= 11 is 0. The summed E-state index contributed by atoms with van der Waals surface area (Å²) in [6, 6.07) is 29.9. The van der Waals surface area contributed by atoms with Crippen LogP contribution in [0.15, 0.2) is 103 Å². The van der Waals surface area contributed by atoms with Gasteiger partial charge >= 0.3 is 0 Å². The van der Waals surface area contributed by atoms with Gasteiger partial charge < -0.3 is 25.8 Å². The molecule has 0 heterocycles. The fraction of sp³-hybridized carbons (Fsp3) is 0.278. The Hall–Kier alpha value is -4.51. The molecule has 242 valence electrons. The quantitative estimate of drug-likeness (QED) is 0.152. The maximum absolute atomic E-state index is 13.7. The minimum absolute atomic E-state index is 0.119. The first kappa shape index (κ1) is 34.4. The van der Waals surface area contributed by atoms with E-state index >= 15 is 0 Å². The highest BCUT2D eigenvalue weighted by molar-refractivity contribution is 7.89. The van der Waals surface area contributed by atoms with E-state index in [1.165, 1.54) is 18.2 Å². The highest BCUT2D eigenvalue weighted by Gasteiger charge is 2.24. The topological polar surface area (TPSA) is 134 Å². The van der Waals surface area contributed by atoms with Gasteiger partial charge in [-0.1, -0.05) is 72.8 Å². The number of aliphatic hydroxyl groups excluding tert-OH is 1. The van der Waals surface area contributed by atoms with E-state index in [0.29, 0.717) is 18.5 Å². The van der Waals surface area contributed by atoms with Crippen molar-refractivity contribution >= 4 is 21.7 Å². The van der Waals surface area contributed by atoms with Gasteiger partial charge in [-0.05, 0) is 65.9 Å². The first-order chi connectivity index (χ1) is 22.0. The van der Waals surface area contributed by atoms with Crippen LogP contribution in [0.4, 0.5) is 0 Å². The van der Waals surface area contributed by atoms with Crippen LogP contribution in [0.25, 0.3) is 0 Å². The van der Waals surface area contributed by atoms with Crippen molar-refractivity contribution in [2.45, 2.75) is 43.8 Å². The summed E-state index contributed by atoms with van der Waals surface area (Å²) in [4.78, 5) is 27.0. The number of benzene rings is 4. The number of sulfone groups is 1. The van der Waals surface area contributed by atoms with Crippen molar-refractivity contribution in [1.29, 1.82) is 0 Å². The fourth-order valence-electron chi connectivity index (χ4n) is 5.14. The lowest BCUT2D eigenvalue weighted by Gasteiger charge is -2.25. The van der Waals surface area contributed by atoms with E-state index < -0.39 is 33.8 Å². The zero-order valence-electron chi connectivity index (χ0n) is 26.3. The molecular formula is C36H41N3O6S. The Morgan fingerprint density at radius 3 is 2.02 bits per heavy atom. The first-order valence-electron chi connectivity index (χ1n) is 15.0. The molecule has 0 saturated carbocycles. The Kier molecular flexibility index (Phi) is 12.1. The van der Waals surface area contributed by atoms with Gasteiger partial charge in [-0.3, -0.25) is 9.59 Å². The molecule has 4 aromatic rings. The van der Waals surface area contributed by atoms with E-state index in [2.05, 4.69) is 16.0 Å². The fourth-order valence-corrected chi connectivity index (χ4v) is 5.91. The van der Waals surface area contributed by atoms with E-state index in [4.69, 9.17) is 4.74 Å². The first-order valence-corrected chi connectivity index (χ1v) is 17.1. The summed E-state index contributed by atoms with van der Waals surface area (Å²) < 4.78 is 29.7. The second-order valence-electron chi connectivity index (χ2n) is 11.4. The van der Waals surface area contributed by atoms with Crippen LogP contribution in [-0.4, -0.2) is 57.4 Å². The van der Waals surface area contributed by atoms with Crippen LogP contribution >= 0.6 is 0 Å². The van der Waals surface area contributed by atoms with E-state index in [-0.39, 0.29) is 29.5 Å². The van der Waals surface area contributed by atoms with Gasteiger partial charge in [0.15, 0.2) is 9.84 Å². The summed E-state index contributed by atoms with van der Waals surface area (Å²) in [5.74, 6) is -0.584. The van der Waals surface area contributed by atoms with Gasteiger partial charge in [0.25, 0.3) is 11.8 Å². The molecule has 4 rings (SSSR count). The Bertz CT molecular complexity index is 1710. The maximum Gasteiger partial charge on any atom is 0.251 e. The molecule has 0 aliphatic rings. The van der Waals surface area contributed by atoms with Crippen LogP contribution in [0.5, 0.6) is 5.75 Å². The molecule has 3 unspecified atom stereocenters. The predicted octanol–water partition coefficient (Wildman–Crippen LogP) is 4.22. The Morgan fingerprint density at radius 2 is 1.39 bits per heavy atom. The second kappa shape index (κ2) is 16.2. The number of aliphatic hydroxyl groups is 1. The van der Waals surface area contributed by atoms with Crippen LogP contribution in [0, 0.1) is 0 Å². The third-order valence-electron chi connectivity index (χ3n) is 7.49. The van der Waals surface area contributed by atoms with Crippen LogP contribution in [0.2, 0.25) is 0 Å². The number of methoxy groups -OCH3 is 1. The van der Waals surface area contributed by atoms with Gasteiger partial charge in [0.2, 0.25) is 0 Å². The van der Waals surface area contributed by atoms with Gasteiger partial charge in [-0.25, -0.2) is 8.42 Å². The Labute approximate surface area is 270 Å². The number of carbonyl (C=O) groups excluding carboxylic acids is 2. The molecule has 0 saturated heterocycles. The SMILES string of the molecule is COc1cccc(CNCC(O)C(Cc2ccccc2)NC(=O)c2cc(CS(C)(=O)=O)cc(C(=O)NC(C)c3ccccc3)c2)c1. The molecule has 2 amide bonds. The maximum atomic E-state index is 13.7. The zero-order chi connectivity index (χ0) is 33.1. The summed E-state index contributed by atoms with van der Waals surface area (Å²) in [5.41, 5.74) is 3.39. The minimum Gasteiger partial charge on any atom is -0.497 e. The summed E-state index contributed by atoms with van der Waals surface area (Å²) in [7, 11) is -1.86. The number of rotatable bonds is 15. The van der Waals surface area contributed by atoms with Crippen molar-refractivity contribution in [2.24, 2.45) is 0 Å². The normalized spacial score (nSPS) is 13.3. The second-order valence-corrected chi connectivity index (χ2v) is 13.6.